The third-order valence-electron chi connectivity index (χ3n) is 4.97. The quantitative estimate of drug-likeness (QED) is 0.625. The second kappa shape index (κ2) is 8.74. The molecule has 4 rings (SSSR count). The average Bonchev–Trinajstić information content (AvgIpc) is 3.45. The van der Waals surface area contributed by atoms with Crippen LogP contribution in [-0.2, 0) is 10.0 Å². The largest absolute Gasteiger partial charge is 0.351 e. The molecule has 0 radical (unpaired) electrons. The van der Waals surface area contributed by atoms with Crippen molar-refractivity contribution in [1.82, 2.24) is 14.6 Å². The number of rotatable bonds is 6. The summed E-state index contributed by atoms with van der Waals surface area (Å²) in [4.78, 5) is 18.8. The fourth-order valence-electron chi connectivity index (χ4n) is 3.31. The lowest BCUT2D eigenvalue weighted by molar-refractivity contribution is 0.0945. The smallest absolute Gasteiger partial charge is 0.263 e. The molecule has 1 N–H and O–H groups in total. The Hall–Kier alpha value is -2.07. The summed E-state index contributed by atoms with van der Waals surface area (Å²) < 4.78 is 26.9. The van der Waals surface area contributed by atoms with Crippen LogP contribution in [0.3, 0.4) is 0 Å². The van der Waals surface area contributed by atoms with Crippen LogP contribution in [0.15, 0.2) is 58.9 Å². The second-order valence-corrected chi connectivity index (χ2v) is 10.8. The number of piperidine rings is 1. The molecule has 1 aliphatic heterocycles. The van der Waals surface area contributed by atoms with Crippen LogP contribution in [0.5, 0.6) is 0 Å². The van der Waals surface area contributed by atoms with Crippen LogP contribution in [0, 0.1) is 5.92 Å². The molecule has 0 aliphatic carbocycles. The normalized spacial score (nSPS) is 16.0. The number of sulfonamides is 1. The van der Waals surface area contributed by atoms with Crippen molar-refractivity contribution < 1.29 is 13.2 Å². The second-order valence-electron chi connectivity index (χ2n) is 6.88. The van der Waals surface area contributed by atoms with Crippen molar-refractivity contribution in [2.75, 3.05) is 19.6 Å². The van der Waals surface area contributed by atoms with Gasteiger partial charge in [0.25, 0.3) is 5.91 Å². The van der Waals surface area contributed by atoms with E-state index in [2.05, 4.69) is 10.3 Å². The Balaban J connectivity index is 1.29. The third-order valence-corrected chi connectivity index (χ3v) is 8.92. The van der Waals surface area contributed by atoms with Crippen molar-refractivity contribution >= 4 is 38.6 Å². The van der Waals surface area contributed by atoms with Crippen LogP contribution in [0.4, 0.5) is 0 Å². The first-order valence-electron chi connectivity index (χ1n) is 9.37. The number of hydrogen-bond acceptors (Lipinski definition) is 6. The van der Waals surface area contributed by atoms with Gasteiger partial charge < -0.3 is 5.32 Å². The standard InChI is InChI=1S/C20H21N3O3S3/c24-19(18-14-22-20(28-18)17-7-4-12-27-17)21-13-15-8-10-23(11-9-15)29(25,26)16-5-2-1-3-6-16/h1-7,12,14-15H,8-11,13H2,(H,21,24). The molecule has 0 bridgehead atoms. The molecule has 3 aromatic rings. The van der Waals surface area contributed by atoms with Gasteiger partial charge in [0.1, 0.15) is 9.88 Å². The topological polar surface area (TPSA) is 79.4 Å². The molecule has 1 fully saturated rings. The van der Waals surface area contributed by atoms with Gasteiger partial charge in [-0.25, -0.2) is 13.4 Å². The fraction of sp³-hybridized carbons (Fsp3) is 0.300. The third kappa shape index (κ3) is 4.58. The van der Waals surface area contributed by atoms with Gasteiger partial charge in [-0.1, -0.05) is 24.3 Å². The number of thiazole rings is 1. The minimum atomic E-state index is -3.44. The molecule has 3 heterocycles. The average molecular weight is 448 g/mol. The summed E-state index contributed by atoms with van der Waals surface area (Å²) in [5.74, 6) is 0.149. The van der Waals surface area contributed by atoms with Gasteiger partial charge in [0.15, 0.2) is 0 Å². The number of nitrogens with zero attached hydrogens (tertiary/aromatic N) is 2. The number of thiophene rings is 1. The van der Waals surface area contributed by atoms with Crippen molar-refractivity contribution in [3.05, 3.63) is 58.9 Å². The Morgan fingerprint density at radius 3 is 2.59 bits per heavy atom. The van der Waals surface area contributed by atoms with E-state index in [-0.39, 0.29) is 11.8 Å². The first kappa shape index (κ1) is 20.2. The zero-order valence-corrected chi connectivity index (χ0v) is 18.1. The summed E-state index contributed by atoms with van der Waals surface area (Å²) in [7, 11) is -3.44. The van der Waals surface area contributed by atoms with Crippen LogP contribution in [0.2, 0.25) is 0 Å². The summed E-state index contributed by atoms with van der Waals surface area (Å²) >= 11 is 2.99. The van der Waals surface area contributed by atoms with E-state index in [4.69, 9.17) is 0 Å². The zero-order chi connectivity index (χ0) is 20.3. The first-order valence-corrected chi connectivity index (χ1v) is 12.5. The van der Waals surface area contributed by atoms with E-state index in [1.165, 1.54) is 15.6 Å². The highest BCUT2D eigenvalue weighted by molar-refractivity contribution is 7.89. The molecule has 1 amide bonds. The zero-order valence-electron chi connectivity index (χ0n) is 15.7. The number of carbonyl (C=O) groups excluding carboxylic acids is 1. The molecular formula is C20H21N3O3S3. The van der Waals surface area contributed by atoms with Crippen molar-refractivity contribution in [3.63, 3.8) is 0 Å². The summed E-state index contributed by atoms with van der Waals surface area (Å²) in [5, 5.41) is 5.82. The van der Waals surface area contributed by atoms with Crippen molar-refractivity contribution in [2.24, 2.45) is 5.92 Å². The molecule has 29 heavy (non-hydrogen) atoms. The molecule has 9 heteroatoms. The monoisotopic (exact) mass is 447 g/mol. The van der Waals surface area contributed by atoms with Gasteiger partial charge in [0.05, 0.1) is 16.0 Å². The van der Waals surface area contributed by atoms with Gasteiger partial charge in [0, 0.05) is 19.6 Å². The fourth-order valence-corrected chi connectivity index (χ4v) is 6.44. The van der Waals surface area contributed by atoms with Gasteiger partial charge >= 0.3 is 0 Å². The molecule has 2 aromatic heterocycles. The Morgan fingerprint density at radius 1 is 1.14 bits per heavy atom. The molecule has 0 spiro atoms. The summed E-state index contributed by atoms with van der Waals surface area (Å²) in [6, 6.07) is 12.5. The van der Waals surface area contributed by atoms with E-state index in [0.717, 1.165) is 22.7 Å². The molecule has 0 unspecified atom stereocenters. The Labute approximate surface area is 178 Å². The van der Waals surface area contributed by atoms with E-state index >= 15 is 0 Å². The highest BCUT2D eigenvalue weighted by Gasteiger charge is 2.29. The lowest BCUT2D eigenvalue weighted by Gasteiger charge is -2.31. The van der Waals surface area contributed by atoms with Gasteiger partial charge in [-0.15, -0.1) is 22.7 Å². The lowest BCUT2D eigenvalue weighted by Crippen LogP contribution is -2.41. The summed E-state index contributed by atoms with van der Waals surface area (Å²) in [6.45, 7) is 1.49. The van der Waals surface area contributed by atoms with Gasteiger partial charge in [0.2, 0.25) is 10.0 Å². The molecule has 6 nitrogen and oxygen atoms in total. The van der Waals surface area contributed by atoms with E-state index in [1.807, 2.05) is 17.5 Å². The molecule has 152 valence electrons. The van der Waals surface area contributed by atoms with Crippen LogP contribution in [-0.4, -0.2) is 43.2 Å². The summed E-state index contributed by atoms with van der Waals surface area (Å²) in [6.07, 6.45) is 3.08. The number of nitrogens with one attached hydrogen (secondary N) is 1. The number of aromatic nitrogens is 1. The molecule has 1 aliphatic rings. The van der Waals surface area contributed by atoms with E-state index in [0.29, 0.717) is 29.4 Å². The van der Waals surface area contributed by atoms with Crippen molar-refractivity contribution in [1.29, 1.82) is 0 Å². The predicted octanol–water partition coefficient (Wildman–Crippen LogP) is 3.70. The summed E-state index contributed by atoms with van der Waals surface area (Å²) in [5.41, 5.74) is 0. The molecular weight excluding hydrogens is 426 g/mol. The molecule has 0 atom stereocenters. The van der Waals surface area contributed by atoms with Crippen molar-refractivity contribution in [2.45, 2.75) is 17.7 Å². The van der Waals surface area contributed by atoms with Gasteiger partial charge in [-0.2, -0.15) is 4.31 Å². The minimum Gasteiger partial charge on any atom is -0.351 e. The van der Waals surface area contributed by atoms with Crippen molar-refractivity contribution in [3.8, 4) is 9.88 Å². The SMILES string of the molecule is O=C(NCC1CCN(S(=O)(=O)c2ccccc2)CC1)c1cnc(-c2cccs2)s1. The Kier molecular flexibility index (Phi) is 6.09. The van der Waals surface area contributed by atoms with E-state index in [9.17, 15) is 13.2 Å². The molecule has 0 saturated carbocycles. The number of benzene rings is 1. The maximum Gasteiger partial charge on any atom is 0.263 e. The Bertz CT molecular complexity index is 1050. The highest BCUT2D eigenvalue weighted by Crippen LogP contribution is 2.29. The van der Waals surface area contributed by atoms with Crippen LogP contribution >= 0.6 is 22.7 Å². The molecule has 1 saturated heterocycles. The lowest BCUT2D eigenvalue weighted by atomic mass is 9.98. The minimum absolute atomic E-state index is 0.121. The number of hydrogen-bond donors (Lipinski definition) is 1. The van der Waals surface area contributed by atoms with Gasteiger partial charge in [-0.3, -0.25) is 4.79 Å². The van der Waals surface area contributed by atoms with E-state index < -0.39 is 10.0 Å². The molecule has 1 aromatic carbocycles. The maximum absolute atomic E-state index is 12.7. The highest BCUT2D eigenvalue weighted by atomic mass is 32.2. The first-order chi connectivity index (χ1) is 14.0. The predicted molar refractivity (Wildman–Crippen MR) is 116 cm³/mol. The van der Waals surface area contributed by atoms with Crippen LogP contribution in [0.25, 0.3) is 9.88 Å². The number of amides is 1. The van der Waals surface area contributed by atoms with Crippen LogP contribution in [0.1, 0.15) is 22.5 Å². The van der Waals surface area contributed by atoms with Crippen LogP contribution < -0.4 is 5.32 Å². The maximum atomic E-state index is 12.7. The number of carbonyl (C=O) groups is 1. The Morgan fingerprint density at radius 2 is 1.90 bits per heavy atom. The van der Waals surface area contributed by atoms with E-state index in [1.54, 1.807) is 47.9 Å². The van der Waals surface area contributed by atoms with Gasteiger partial charge in [-0.05, 0) is 42.3 Å².